The monoisotopic (exact) mass is 363 g/mol. The smallest absolute Gasteiger partial charge is 0.266 e. The standard InChI is InChI=1S/C13H11Cl2NO3S2/c1-19-3-2-16-12(18)10(21-13(16)20)6-7-4-8(14)11(17)9(15)5-7/h4-6,17H,2-3H2,1H3/b10-6-. The number of carbonyl (C=O) groups excluding carboxylic acids is 1. The molecule has 0 bridgehead atoms. The van der Waals surface area contributed by atoms with Crippen LogP contribution in [-0.2, 0) is 9.53 Å². The first-order chi connectivity index (χ1) is 9.93. The van der Waals surface area contributed by atoms with Gasteiger partial charge in [0.15, 0.2) is 5.75 Å². The Morgan fingerprint density at radius 2 is 2.05 bits per heavy atom. The minimum atomic E-state index is -0.178. The van der Waals surface area contributed by atoms with Crippen molar-refractivity contribution in [3.63, 3.8) is 0 Å². The van der Waals surface area contributed by atoms with Gasteiger partial charge >= 0.3 is 0 Å². The molecule has 0 atom stereocenters. The fourth-order valence-electron chi connectivity index (χ4n) is 1.70. The molecule has 2 rings (SSSR count). The minimum Gasteiger partial charge on any atom is -0.505 e. The van der Waals surface area contributed by atoms with Crippen molar-refractivity contribution in [2.75, 3.05) is 20.3 Å². The second kappa shape index (κ2) is 6.98. The van der Waals surface area contributed by atoms with Crippen molar-refractivity contribution < 1.29 is 14.6 Å². The summed E-state index contributed by atoms with van der Waals surface area (Å²) < 4.78 is 5.44. The van der Waals surface area contributed by atoms with Crippen molar-refractivity contribution in [2.45, 2.75) is 0 Å². The van der Waals surface area contributed by atoms with Gasteiger partial charge in [-0.05, 0) is 23.8 Å². The number of thiocarbonyl (C=S) groups is 1. The van der Waals surface area contributed by atoms with Gasteiger partial charge < -0.3 is 9.84 Å². The summed E-state index contributed by atoms with van der Waals surface area (Å²) in [7, 11) is 1.56. The molecule has 0 aliphatic carbocycles. The molecular formula is C13H11Cl2NO3S2. The second-order valence-electron chi connectivity index (χ2n) is 4.16. The summed E-state index contributed by atoms with van der Waals surface area (Å²) in [6, 6.07) is 3.06. The Balaban J connectivity index is 2.26. The molecule has 1 aliphatic rings. The SMILES string of the molecule is COCCN1C(=O)/C(=C/c2cc(Cl)c(O)c(Cl)c2)SC1=S. The van der Waals surface area contributed by atoms with Crippen LogP contribution in [0.5, 0.6) is 5.75 Å². The van der Waals surface area contributed by atoms with Crippen molar-refractivity contribution in [2.24, 2.45) is 0 Å². The summed E-state index contributed by atoms with van der Waals surface area (Å²) in [5.41, 5.74) is 0.620. The molecule has 0 saturated carbocycles. The van der Waals surface area contributed by atoms with Gasteiger partial charge in [-0.25, -0.2) is 0 Å². The first-order valence-electron chi connectivity index (χ1n) is 5.86. The Labute approximate surface area is 141 Å². The molecule has 0 radical (unpaired) electrons. The fraction of sp³-hybridized carbons (Fsp3) is 0.231. The molecule has 4 nitrogen and oxygen atoms in total. The Kier molecular flexibility index (Phi) is 5.51. The second-order valence-corrected chi connectivity index (χ2v) is 6.65. The van der Waals surface area contributed by atoms with Crippen LogP contribution in [0.25, 0.3) is 6.08 Å². The van der Waals surface area contributed by atoms with Crippen LogP contribution in [0.2, 0.25) is 10.0 Å². The van der Waals surface area contributed by atoms with Crippen LogP contribution >= 0.6 is 47.2 Å². The summed E-state index contributed by atoms with van der Waals surface area (Å²) in [5, 5.41) is 9.78. The van der Waals surface area contributed by atoms with E-state index in [-0.39, 0.29) is 21.7 Å². The maximum Gasteiger partial charge on any atom is 0.266 e. The molecule has 112 valence electrons. The normalized spacial score (nSPS) is 17.1. The zero-order chi connectivity index (χ0) is 15.6. The molecule has 0 aromatic heterocycles. The average Bonchev–Trinajstić information content (AvgIpc) is 2.69. The van der Waals surface area contributed by atoms with Crippen LogP contribution in [0.3, 0.4) is 0 Å². The van der Waals surface area contributed by atoms with Gasteiger partial charge in [-0.2, -0.15) is 0 Å². The minimum absolute atomic E-state index is 0.128. The van der Waals surface area contributed by atoms with Crippen molar-refractivity contribution in [1.29, 1.82) is 0 Å². The molecule has 0 spiro atoms. The van der Waals surface area contributed by atoms with E-state index in [1.165, 1.54) is 28.8 Å². The third-order valence-corrected chi connectivity index (χ3v) is 4.68. The van der Waals surface area contributed by atoms with Crippen molar-refractivity contribution in [3.8, 4) is 5.75 Å². The number of ether oxygens (including phenoxy) is 1. The van der Waals surface area contributed by atoms with Crippen molar-refractivity contribution in [3.05, 3.63) is 32.6 Å². The van der Waals surface area contributed by atoms with Crippen molar-refractivity contribution >= 4 is 63.5 Å². The van der Waals surface area contributed by atoms with E-state index in [2.05, 4.69) is 0 Å². The van der Waals surface area contributed by atoms with Gasteiger partial charge in [0.25, 0.3) is 5.91 Å². The van der Waals surface area contributed by atoms with Gasteiger partial charge in [-0.3, -0.25) is 9.69 Å². The number of methoxy groups -OCH3 is 1. The first kappa shape index (κ1) is 16.6. The highest BCUT2D eigenvalue weighted by atomic mass is 35.5. The summed E-state index contributed by atoms with van der Waals surface area (Å²) in [5.74, 6) is -0.356. The number of rotatable bonds is 4. The highest BCUT2D eigenvalue weighted by molar-refractivity contribution is 8.26. The number of aromatic hydroxyl groups is 1. The molecule has 8 heteroatoms. The van der Waals surface area contributed by atoms with Crippen LogP contribution < -0.4 is 0 Å². The highest BCUT2D eigenvalue weighted by Crippen LogP contribution is 2.36. The number of amides is 1. The largest absolute Gasteiger partial charge is 0.505 e. The van der Waals surface area contributed by atoms with E-state index in [4.69, 9.17) is 40.2 Å². The lowest BCUT2D eigenvalue weighted by Gasteiger charge is -2.12. The van der Waals surface area contributed by atoms with Crippen LogP contribution in [0.4, 0.5) is 0 Å². The number of phenols is 1. The summed E-state index contributed by atoms with van der Waals surface area (Å²) in [6.45, 7) is 0.826. The van der Waals surface area contributed by atoms with Gasteiger partial charge in [0.2, 0.25) is 0 Å². The van der Waals surface area contributed by atoms with Crippen molar-refractivity contribution in [1.82, 2.24) is 4.90 Å². The number of hydrogen-bond donors (Lipinski definition) is 1. The molecule has 21 heavy (non-hydrogen) atoms. The van der Waals surface area contributed by atoms with Gasteiger partial charge in [0.05, 0.1) is 28.1 Å². The predicted molar refractivity (Wildman–Crippen MR) is 89.9 cm³/mol. The Bertz CT molecular complexity index is 611. The van der Waals surface area contributed by atoms with Crippen LogP contribution in [0.1, 0.15) is 5.56 Å². The maximum absolute atomic E-state index is 12.2. The third kappa shape index (κ3) is 3.70. The van der Waals surface area contributed by atoms with E-state index in [1.807, 2.05) is 0 Å². The number of nitrogens with zero attached hydrogens (tertiary/aromatic N) is 1. The molecule has 0 unspecified atom stereocenters. The lowest BCUT2D eigenvalue weighted by Crippen LogP contribution is -2.31. The Morgan fingerprint density at radius 3 is 2.62 bits per heavy atom. The van der Waals surface area contributed by atoms with Crippen LogP contribution in [0.15, 0.2) is 17.0 Å². The van der Waals surface area contributed by atoms with Gasteiger partial charge in [0.1, 0.15) is 4.32 Å². The number of benzene rings is 1. The molecule has 1 aliphatic heterocycles. The van der Waals surface area contributed by atoms with E-state index < -0.39 is 0 Å². The number of carbonyl (C=O) groups is 1. The average molecular weight is 364 g/mol. The molecule has 1 saturated heterocycles. The molecule has 1 N–H and O–H groups in total. The van der Waals surface area contributed by atoms with E-state index in [0.29, 0.717) is 27.9 Å². The summed E-state index contributed by atoms with van der Waals surface area (Å²) in [4.78, 5) is 14.2. The number of halogens is 2. The van der Waals surface area contributed by atoms with Crippen LogP contribution in [-0.4, -0.2) is 40.5 Å². The predicted octanol–water partition coefficient (Wildman–Crippen LogP) is 3.55. The summed E-state index contributed by atoms with van der Waals surface area (Å²) in [6.07, 6.45) is 1.64. The number of phenolic OH excluding ortho intramolecular Hbond substituents is 1. The van der Waals surface area contributed by atoms with E-state index in [9.17, 15) is 9.90 Å². The van der Waals surface area contributed by atoms with Gasteiger partial charge in [0, 0.05) is 7.11 Å². The van der Waals surface area contributed by atoms with Gasteiger partial charge in [-0.15, -0.1) is 0 Å². The molecule has 1 amide bonds. The molecule has 1 heterocycles. The lowest BCUT2D eigenvalue weighted by molar-refractivity contribution is -0.122. The Hall–Kier alpha value is -0.790. The van der Waals surface area contributed by atoms with E-state index >= 15 is 0 Å². The maximum atomic E-state index is 12.2. The van der Waals surface area contributed by atoms with Crippen LogP contribution in [0, 0.1) is 0 Å². The fourth-order valence-corrected chi connectivity index (χ4v) is 3.51. The molecule has 1 aromatic carbocycles. The zero-order valence-corrected chi connectivity index (χ0v) is 14.1. The summed E-state index contributed by atoms with van der Waals surface area (Å²) >= 11 is 18.1. The highest BCUT2D eigenvalue weighted by Gasteiger charge is 2.31. The zero-order valence-electron chi connectivity index (χ0n) is 10.9. The lowest BCUT2D eigenvalue weighted by atomic mass is 10.2. The van der Waals surface area contributed by atoms with Gasteiger partial charge in [-0.1, -0.05) is 47.2 Å². The molecule has 1 aromatic rings. The quantitative estimate of drug-likeness (QED) is 0.654. The molecular weight excluding hydrogens is 353 g/mol. The third-order valence-electron chi connectivity index (χ3n) is 2.73. The Morgan fingerprint density at radius 1 is 1.43 bits per heavy atom. The van der Waals surface area contributed by atoms with E-state index in [1.54, 1.807) is 13.2 Å². The topological polar surface area (TPSA) is 49.8 Å². The molecule has 1 fully saturated rings. The van der Waals surface area contributed by atoms with E-state index in [0.717, 1.165) is 0 Å². The number of hydrogen-bond acceptors (Lipinski definition) is 5. The first-order valence-corrected chi connectivity index (χ1v) is 7.84. The number of thioether (sulfide) groups is 1.